The number of aromatic nitrogens is 2. The van der Waals surface area contributed by atoms with Crippen LogP contribution in [0.4, 0.5) is 33.1 Å². The number of para-hydroxylation sites is 1. The molecule has 36 heavy (non-hydrogen) atoms. The Labute approximate surface area is 208 Å². The highest BCUT2D eigenvalue weighted by atomic mass is 19.1. The maximum atomic E-state index is 14.2. The number of methoxy groups -OCH3 is 1. The molecular weight excluding hydrogens is 465 g/mol. The van der Waals surface area contributed by atoms with Crippen LogP contribution in [0.2, 0.25) is 0 Å². The van der Waals surface area contributed by atoms with Gasteiger partial charge in [-0.05, 0) is 36.4 Å². The first-order valence-corrected chi connectivity index (χ1v) is 11.9. The molecule has 1 aromatic heterocycles. The maximum Gasteiger partial charge on any atom is 0.353 e. The number of benzene rings is 2. The third-order valence-corrected chi connectivity index (χ3v) is 6.76. The predicted molar refractivity (Wildman–Crippen MR) is 137 cm³/mol. The molecule has 10 nitrogen and oxygen atoms in total. The van der Waals surface area contributed by atoms with E-state index in [9.17, 15) is 14.5 Å². The Morgan fingerprint density at radius 3 is 1.86 bits per heavy atom. The summed E-state index contributed by atoms with van der Waals surface area (Å²) in [7, 11) is 1.64. The standard InChI is InChI=1S/C25H28FN7O3/c1-36-20-8-6-19(7-9-20)29-10-14-31(15-11-29)24-23(33(34)35)25(28-18-27-24)32-16-12-30(13-17-32)22-5-3-2-4-21(22)26/h2-9,18H,10-17H2,1H3. The summed E-state index contributed by atoms with van der Waals surface area (Å²) in [6, 6.07) is 14.5. The Morgan fingerprint density at radius 2 is 1.33 bits per heavy atom. The van der Waals surface area contributed by atoms with Crippen LogP contribution in [0.25, 0.3) is 0 Å². The van der Waals surface area contributed by atoms with Crippen LogP contribution >= 0.6 is 0 Å². The van der Waals surface area contributed by atoms with Crippen molar-refractivity contribution in [3.63, 3.8) is 0 Å². The molecule has 0 radical (unpaired) electrons. The Hall–Kier alpha value is -4.15. The van der Waals surface area contributed by atoms with E-state index in [0.717, 1.165) is 11.4 Å². The van der Waals surface area contributed by atoms with E-state index in [1.165, 1.54) is 12.4 Å². The molecule has 0 unspecified atom stereocenters. The highest BCUT2D eigenvalue weighted by molar-refractivity contribution is 5.72. The van der Waals surface area contributed by atoms with E-state index in [1.807, 2.05) is 39.0 Å². The summed E-state index contributed by atoms with van der Waals surface area (Å²) in [6.45, 7) is 4.70. The third-order valence-electron chi connectivity index (χ3n) is 6.76. The lowest BCUT2D eigenvalue weighted by molar-refractivity contribution is -0.383. The Kier molecular flexibility index (Phi) is 6.70. The second-order valence-electron chi connectivity index (χ2n) is 8.72. The van der Waals surface area contributed by atoms with Crippen molar-refractivity contribution in [2.45, 2.75) is 0 Å². The SMILES string of the molecule is COc1ccc(N2CCN(c3ncnc(N4CCN(c5ccccc5F)CC4)c3[N+](=O)[O-])CC2)cc1. The highest BCUT2D eigenvalue weighted by Crippen LogP contribution is 2.36. The molecule has 5 rings (SSSR count). The number of piperazine rings is 2. The molecule has 0 aliphatic carbocycles. The summed E-state index contributed by atoms with van der Waals surface area (Å²) in [5.74, 6) is 1.19. The number of anilines is 4. The van der Waals surface area contributed by atoms with Crippen molar-refractivity contribution in [2.24, 2.45) is 0 Å². The lowest BCUT2D eigenvalue weighted by Gasteiger charge is -2.38. The quantitative estimate of drug-likeness (QED) is 0.379. The van der Waals surface area contributed by atoms with Crippen LogP contribution in [0.1, 0.15) is 0 Å². The van der Waals surface area contributed by atoms with Gasteiger partial charge < -0.3 is 24.3 Å². The van der Waals surface area contributed by atoms with E-state index < -0.39 is 0 Å². The van der Waals surface area contributed by atoms with Gasteiger partial charge in [-0.25, -0.2) is 14.4 Å². The van der Waals surface area contributed by atoms with E-state index in [2.05, 4.69) is 14.9 Å². The van der Waals surface area contributed by atoms with Crippen LogP contribution < -0.4 is 24.3 Å². The number of halogens is 1. The Morgan fingerprint density at radius 1 is 0.806 bits per heavy atom. The lowest BCUT2D eigenvalue weighted by Crippen LogP contribution is -2.48. The fraction of sp³-hybridized carbons (Fsp3) is 0.360. The van der Waals surface area contributed by atoms with E-state index in [4.69, 9.17) is 4.74 Å². The van der Waals surface area contributed by atoms with Gasteiger partial charge >= 0.3 is 5.69 Å². The van der Waals surface area contributed by atoms with E-state index in [0.29, 0.717) is 69.7 Å². The number of hydrogen-bond acceptors (Lipinski definition) is 9. The predicted octanol–water partition coefficient (Wildman–Crippen LogP) is 3.19. The van der Waals surface area contributed by atoms with Gasteiger partial charge in [0.25, 0.3) is 0 Å². The van der Waals surface area contributed by atoms with E-state index in [1.54, 1.807) is 25.3 Å². The van der Waals surface area contributed by atoms with Crippen molar-refractivity contribution in [1.29, 1.82) is 0 Å². The summed E-state index contributed by atoms with van der Waals surface area (Å²) in [5, 5.41) is 12.2. The molecule has 0 spiro atoms. The summed E-state index contributed by atoms with van der Waals surface area (Å²) < 4.78 is 19.4. The molecule has 11 heteroatoms. The molecule has 2 aliphatic heterocycles. The van der Waals surface area contributed by atoms with Crippen LogP contribution in [0.3, 0.4) is 0 Å². The second kappa shape index (κ2) is 10.2. The van der Waals surface area contributed by atoms with Crippen molar-refractivity contribution in [3.05, 3.63) is 70.8 Å². The largest absolute Gasteiger partial charge is 0.497 e. The minimum absolute atomic E-state index is 0.0743. The number of nitrogens with zero attached hydrogens (tertiary/aromatic N) is 7. The van der Waals surface area contributed by atoms with E-state index >= 15 is 0 Å². The van der Waals surface area contributed by atoms with Gasteiger partial charge in [0.1, 0.15) is 17.9 Å². The summed E-state index contributed by atoms with van der Waals surface area (Å²) in [5.41, 5.74) is 1.56. The molecule has 3 heterocycles. The van der Waals surface area contributed by atoms with Crippen molar-refractivity contribution in [3.8, 4) is 5.75 Å². The number of nitro groups is 1. The van der Waals surface area contributed by atoms with Gasteiger partial charge in [0.2, 0.25) is 11.6 Å². The number of rotatable bonds is 6. The summed E-state index contributed by atoms with van der Waals surface area (Å²) in [6.07, 6.45) is 1.40. The summed E-state index contributed by atoms with van der Waals surface area (Å²) in [4.78, 5) is 28.5. The van der Waals surface area contributed by atoms with Crippen LogP contribution in [-0.2, 0) is 0 Å². The van der Waals surface area contributed by atoms with Gasteiger partial charge in [0.05, 0.1) is 17.7 Å². The molecule has 3 aromatic rings. The molecule has 0 amide bonds. The van der Waals surface area contributed by atoms with Gasteiger partial charge in [-0.1, -0.05) is 12.1 Å². The first-order valence-electron chi connectivity index (χ1n) is 11.9. The smallest absolute Gasteiger partial charge is 0.353 e. The fourth-order valence-corrected chi connectivity index (χ4v) is 4.82. The van der Waals surface area contributed by atoms with Gasteiger partial charge in [0.15, 0.2) is 0 Å². The Balaban J connectivity index is 1.30. The molecule has 2 fully saturated rings. The topological polar surface area (TPSA) is 91.1 Å². The zero-order valence-corrected chi connectivity index (χ0v) is 20.1. The van der Waals surface area contributed by atoms with Crippen molar-refractivity contribution in [2.75, 3.05) is 79.1 Å². The lowest BCUT2D eigenvalue weighted by atomic mass is 10.2. The highest BCUT2D eigenvalue weighted by Gasteiger charge is 2.33. The minimum atomic E-state index is -0.385. The number of ether oxygens (including phenoxy) is 1. The van der Waals surface area contributed by atoms with Gasteiger partial charge in [-0.3, -0.25) is 10.1 Å². The minimum Gasteiger partial charge on any atom is -0.497 e. The first-order chi connectivity index (χ1) is 17.5. The van der Waals surface area contributed by atoms with Crippen LogP contribution in [0.15, 0.2) is 54.9 Å². The molecule has 0 N–H and O–H groups in total. The Bertz CT molecular complexity index is 1210. The average Bonchev–Trinajstić information content (AvgIpc) is 2.93. The zero-order valence-electron chi connectivity index (χ0n) is 20.1. The van der Waals surface area contributed by atoms with Crippen LogP contribution in [0.5, 0.6) is 5.75 Å². The van der Waals surface area contributed by atoms with Crippen LogP contribution in [0, 0.1) is 15.9 Å². The maximum absolute atomic E-state index is 14.2. The van der Waals surface area contributed by atoms with Gasteiger partial charge in [-0.2, -0.15) is 0 Å². The van der Waals surface area contributed by atoms with Crippen LogP contribution in [-0.4, -0.2) is 74.4 Å². The normalized spacial score (nSPS) is 16.3. The van der Waals surface area contributed by atoms with Crippen molar-refractivity contribution in [1.82, 2.24) is 9.97 Å². The summed E-state index contributed by atoms with van der Waals surface area (Å²) >= 11 is 0. The average molecular weight is 494 g/mol. The molecule has 0 saturated carbocycles. The molecule has 2 aromatic carbocycles. The first kappa shape index (κ1) is 23.6. The molecular formula is C25H28FN7O3. The molecule has 2 saturated heterocycles. The van der Waals surface area contributed by atoms with Crippen molar-refractivity contribution >= 4 is 28.7 Å². The molecule has 0 bridgehead atoms. The van der Waals surface area contributed by atoms with Crippen molar-refractivity contribution < 1.29 is 14.1 Å². The monoisotopic (exact) mass is 493 g/mol. The van der Waals surface area contributed by atoms with E-state index in [-0.39, 0.29) is 16.4 Å². The number of hydrogen-bond donors (Lipinski definition) is 0. The van der Waals surface area contributed by atoms with Gasteiger partial charge in [0, 0.05) is 58.0 Å². The third kappa shape index (κ3) is 4.68. The molecule has 188 valence electrons. The van der Waals surface area contributed by atoms with Gasteiger partial charge in [-0.15, -0.1) is 0 Å². The molecule has 2 aliphatic rings. The zero-order chi connectivity index (χ0) is 25.1. The second-order valence-corrected chi connectivity index (χ2v) is 8.72. The molecule has 0 atom stereocenters. The fourth-order valence-electron chi connectivity index (χ4n) is 4.82.